The number of para-hydroxylation sites is 1. The lowest BCUT2D eigenvalue weighted by Crippen LogP contribution is -2.18. The van der Waals surface area contributed by atoms with Crippen LogP contribution in [0.25, 0.3) is 5.69 Å². The molecule has 0 aliphatic rings. The van der Waals surface area contributed by atoms with E-state index >= 15 is 0 Å². The van der Waals surface area contributed by atoms with Crippen LogP contribution in [0, 0.1) is 0 Å². The predicted octanol–water partition coefficient (Wildman–Crippen LogP) is 3.72. The van der Waals surface area contributed by atoms with E-state index in [1.165, 1.54) is 5.56 Å². The molecule has 3 aromatic rings. The quantitative estimate of drug-likeness (QED) is 0.657. The first kappa shape index (κ1) is 17.2. The third kappa shape index (κ3) is 4.92. The van der Waals surface area contributed by atoms with Gasteiger partial charge in [0, 0.05) is 0 Å². The van der Waals surface area contributed by atoms with E-state index in [4.69, 9.17) is 16.3 Å². The van der Waals surface area contributed by atoms with Crippen LogP contribution in [0.5, 0.6) is 0 Å². The topological polar surface area (TPSA) is 56.1 Å². The number of aromatic nitrogens is 2. The maximum atomic E-state index is 11.9. The van der Waals surface area contributed by atoms with Gasteiger partial charge < -0.3 is 10.1 Å². The normalized spacial score (nSPS) is 10.6. The van der Waals surface area contributed by atoms with Gasteiger partial charge in [-0.2, -0.15) is 5.10 Å². The summed E-state index contributed by atoms with van der Waals surface area (Å²) >= 11 is 6.14. The monoisotopic (exact) mass is 355 g/mol. The summed E-state index contributed by atoms with van der Waals surface area (Å²) in [6.45, 7) is 0.500. The Labute approximate surface area is 151 Å². The molecule has 3 rings (SSSR count). The van der Waals surface area contributed by atoms with Crippen LogP contribution in [0.1, 0.15) is 5.56 Å². The molecule has 25 heavy (non-hydrogen) atoms. The molecular weight excluding hydrogens is 338 g/mol. The first-order valence-electron chi connectivity index (χ1n) is 7.93. The molecule has 0 aliphatic heterocycles. The largest absolute Gasteiger partial charge is 0.371 e. The van der Waals surface area contributed by atoms with Crippen LogP contribution in [-0.2, 0) is 16.0 Å². The zero-order valence-corrected chi connectivity index (χ0v) is 14.3. The fourth-order valence-electron chi connectivity index (χ4n) is 2.35. The van der Waals surface area contributed by atoms with Gasteiger partial charge in [-0.25, -0.2) is 4.68 Å². The van der Waals surface area contributed by atoms with Crippen molar-refractivity contribution in [3.8, 4) is 5.69 Å². The van der Waals surface area contributed by atoms with Crippen LogP contribution in [0.2, 0.25) is 5.02 Å². The lowest BCUT2D eigenvalue weighted by Gasteiger charge is -2.05. The molecule has 0 radical (unpaired) electrons. The van der Waals surface area contributed by atoms with Gasteiger partial charge in [0.25, 0.3) is 0 Å². The average Bonchev–Trinajstić information content (AvgIpc) is 3.08. The van der Waals surface area contributed by atoms with Crippen molar-refractivity contribution in [2.75, 3.05) is 18.5 Å². The smallest absolute Gasteiger partial charge is 0.250 e. The molecule has 0 saturated carbocycles. The first-order valence-corrected chi connectivity index (χ1v) is 8.31. The fraction of sp³-hybridized carbons (Fsp3) is 0.158. The highest BCUT2D eigenvalue weighted by molar-refractivity contribution is 6.32. The summed E-state index contributed by atoms with van der Waals surface area (Å²) < 4.78 is 7.04. The number of anilines is 1. The molecule has 1 aromatic heterocycles. The van der Waals surface area contributed by atoms with Crippen LogP contribution in [0.4, 0.5) is 5.69 Å². The van der Waals surface area contributed by atoms with Gasteiger partial charge in [0.15, 0.2) is 0 Å². The third-order valence-electron chi connectivity index (χ3n) is 3.58. The summed E-state index contributed by atoms with van der Waals surface area (Å²) in [5.74, 6) is -0.216. The zero-order valence-electron chi connectivity index (χ0n) is 13.6. The van der Waals surface area contributed by atoms with Gasteiger partial charge in [-0.1, -0.05) is 54.1 Å². The minimum atomic E-state index is -0.216. The van der Waals surface area contributed by atoms with Gasteiger partial charge in [0.2, 0.25) is 5.91 Å². The number of carbonyl (C=O) groups is 1. The van der Waals surface area contributed by atoms with Gasteiger partial charge in [-0.3, -0.25) is 4.79 Å². The predicted molar refractivity (Wildman–Crippen MR) is 98.2 cm³/mol. The van der Waals surface area contributed by atoms with Gasteiger partial charge in [-0.15, -0.1) is 0 Å². The van der Waals surface area contributed by atoms with Gasteiger partial charge >= 0.3 is 0 Å². The highest BCUT2D eigenvalue weighted by atomic mass is 35.5. The van der Waals surface area contributed by atoms with E-state index in [1.807, 2.05) is 48.5 Å². The summed E-state index contributed by atoms with van der Waals surface area (Å²) in [5, 5.41) is 7.56. The molecule has 0 bridgehead atoms. The van der Waals surface area contributed by atoms with E-state index in [-0.39, 0.29) is 12.5 Å². The summed E-state index contributed by atoms with van der Waals surface area (Å²) in [5.41, 5.74) is 2.53. The van der Waals surface area contributed by atoms with Crippen molar-refractivity contribution in [3.63, 3.8) is 0 Å². The molecule has 0 fully saturated rings. The van der Waals surface area contributed by atoms with Crippen LogP contribution in [-0.4, -0.2) is 28.9 Å². The maximum absolute atomic E-state index is 11.9. The maximum Gasteiger partial charge on any atom is 0.250 e. The van der Waals surface area contributed by atoms with Gasteiger partial charge in [0.05, 0.1) is 35.4 Å². The molecule has 1 N–H and O–H groups in total. The van der Waals surface area contributed by atoms with E-state index in [0.29, 0.717) is 17.3 Å². The number of rotatable bonds is 7. The highest BCUT2D eigenvalue weighted by Gasteiger charge is 2.07. The van der Waals surface area contributed by atoms with E-state index in [1.54, 1.807) is 23.1 Å². The molecule has 2 aromatic carbocycles. The highest BCUT2D eigenvalue weighted by Crippen LogP contribution is 2.20. The Morgan fingerprint density at radius 3 is 2.68 bits per heavy atom. The van der Waals surface area contributed by atoms with Crippen molar-refractivity contribution in [3.05, 3.63) is 77.6 Å². The fourth-order valence-corrected chi connectivity index (χ4v) is 2.58. The number of benzene rings is 2. The molecular formula is C19H18ClN3O2. The van der Waals surface area contributed by atoms with Crippen LogP contribution in [0.15, 0.2) is 67.0 Å². The zero-order chi connectivity index (χ0) is 17.5. The number of nitrogens with zero attached hydrogens (tertiary/aromatic N) is 2. The number of amides is 1. The molecule has 128 valence electrons. The second-order valence-corrected chi connectivity index (χ2v) is 5.87. The number of hydrogen-bond donors (Lipinski definition) is 1. The van der Waals surface area contributed by atoms with E-state index < -0.39 is 0 Å². The number of hydrogen-bond acceptors (Lipinski definition) is 3. The Kier molecular flexibility index (Phi) is 5.82. The van der Waals surface area contributed by atoms with E-state index in [0.717, 1.165) is 12.1 Å². The van der Waals surface area contributed by atoms with Gasteiger partial charge in [-0.05, 0) is 24.1 Å². The van der Waals surface area contributed by atoms with E-state index in [2.05, 4.69) is 10.4 Å². The molecule has 0 aliphatic carbocycles. The lowest BCUT2D eigenvalue weighted by atomic mass is 10.2. The summed E-state index contributed by atoms with van der Waals surface area (Å²) in [6.07, 6.45) is 4.06. The lowest BCUT2D eigenvalue weighted by molar-refractivity contribution is -0.120. The number of carbonyl (C=O) groups excluding carboxylic acids is 1. The van der Waals surface area contributed by atoms with Crippen molar-refractivity contribution in [1.29, 1.82) is 0 Å². The average molecular weight is 356 g/mol. The molecule has 6 heteroatoms. The second kappa shape index (κ2) is 8.46. The summed E-state index contributed by atoms with van der Waals surface area (Å²) in [4.78, 5) is 11.9. The number of halogens is 1. The first-order chi connectivity index (χ1) is 12.2. The van der Waals surface area contributed by atoms with Crippen molar-refractivity contribution in [2.45, 2.75) is 6.42 Å². The van der Waals surface area contributed by atoms with Crippen LogP contribution < -0.4 is 5.32 Å². The molecule has 0 unspecified atom stereocenters. The minimum Gasteiger partial charge on any atom is -0.371 e. The molecule has 0 saturated heterocycles. The molecule has 0 spiro atoms. The van der Waals surface area contributed by atoms with Gasteiger partial charge in [0.1, 0.15) is 6.61 Å². The molecule has 1 heterocycles. The Balaban J connectivity index is 1.46. The van der Waals surface area contributed by atoms with Crippen LogP contribution in [0.3, 0.4) is 0 Å². The summed E-state index contributed by atoms with van der Waals surface area (Å²) in [6, 6.07) is 17.4. The van der Waals surface area contributed by atoms with Crippen molar-refractivity contribution in [1.82, 2.24) is 9.78 Å². The Morgan fingerprint density at radius 1 is 1.12 bits per heavy atom. The molecule has 5 nitrogen and oxygen atoms in total. The number of nitrogens with one attached hydrogen (secondary N) is 1. The molecule has 0 atom stereocenters. The minimum absolute atomic E-state index is 0.00407. The Hall–Kier alpha value is -2.63. The van der Waals surface area contributed by atoms with E-state index in [9.17, 15) is 4.79 Å². The Bertz CT molecular complexity index is 833. The van der Waals surface area contributed by atoms with Crippen molar-refractivity contribution < 1.29 is 9.53 Å². The van der Waals surface area contributed by atoms with Crippen LogP contribution >= 0.6 is 11.6 Å². The standard InChI is InChI=1S/C19H18ClN3O2/c20-17-8-4-5-9-18(17)23-13-16(12-21-23)22-19(24)14-25-11-10-15-6-2-1-3-7-15/h1-9,12-13H,10-11,14H2,(H,22,24). The van der Waals surface area contributed by atoms with Crippen molar-refractivity contribution in [2.24, 2.45) is 0 Å². The SMILES string of the molecule is O=C(COCCc1ccccc1)Nc1cnn(-c2ccccc2Cl)c1. The summed E-state index contributed by atoms with van der Waals surface area (Å²) in [7, 11) is 0. The third-order valence-corrected chi connectivity index (χ3v) is 3.90. The molecule has 1 amide bonds. The Morgan fingerprint density at radius 2 is 1.88 bits per heavy atom. The second-order valence-electron chi connectivity index (χ2n) is 5.46. The van der Waals surface area contributed by atoms with Crippen molar-refractivity contribution >= 4 is 23.2 Å². The number of ether oxygens (including phenoxy) is 1.